The van der Waals surface area contributed by atoms with Crippen LogP contribution in [0.4, 0.5) is 0 Å². The zero-order valence-electron chi connectivity index (χ0n) is 77.4. The lowest BCUT2D eigenvalue weighted by Crippen LogP contribution is -2.67. The van der Waals surface area contributed by atoms with Gasteiger partial charge in [-0.05, 0) is 77.6 Å². The normalized spacial score (nSPS) is 20.6. The van der Waals surface area contributed by atoms with Crippen molar-refractivity contribution in [1.82, 2.24) is 10.6 Å². The largest absolute Gasteiger partial charge is 0.470 e. The molecule has 9 unspecified atom stereocenters. The van der Waals surface area contributed by atoms with Crippen LogP contribution in [0.1, 0.15) is 472 Å². The van der Waals surface area contributed by atoms with Gasteiger partial charge in [0.05, 0.1) is 69.4 Å². The van der Waals surface area contributed by atoms with E-state index in [1.165, 1.54) is 141 Å². The second kappa shape index (κ2) is 77.1. The summed E-state index contributed by atoms with van der Waals surface area (Å²) in [6, 6.07) is -2.85. The number of amides is 2. The van der Waals surface area contributed by atoms with Crippen molar-refractivity contribution in [2.45, 2.75) is 558 Å². The van der Waals surface area contributed by atoms with Gasteiger partial charge in [-0.1, -0.05) is 375 Å². The molecule has 2 saturated heterocycles. The Morgan fingerprint density at radius 2 is 0.767 bits per heavy atom. The number of aliphatic hydroxyl groups excluding tert-OH is 4. The predicted molar refractivity (Wildman–Crippen MR) is 482 cm³/mol. The molecule has 8 N–H and O–H groups in total. The highest BCUT2D eigenvalue weighted by atomic mass is 31.2. The Labute approximate surface area is 730 Å². The molecule has 0 bridgehead atoms. The second-order valence-electron chi connectivity index (χ2n) is 35.6. The molecule has 2 fully saturated rings. The minimum atomic E-state index is -5.55. The van der Waals surface area contributed by atoms with Crippen molar-refractivity contribution in [3.63, 3.8) is 0 Å². The molecule has 0 aromatic rings. The van der Waals surface area contributed by atoms with Crippen LogP contribution < -0.4 is 10.6 Å². The molecule has 2 rings (SSSR count). The van der Waals surface area contributed by atoms with Gasteiger partial charge in [0, 0.05) is 13.0 Å². The molecule has 0 spiro atoms. The minimum Gasteiger partial charge on any atom is -0.462 e. The third-order valence-corrected chi connectivity index (χ3v) is 24.6. The Hall–Kier alpha value is -3.12. The fourth-order valence-corrected chi connectivity index (χ4v) is 17.3. The third kappa shape index (κ3) is 60.5. The van der Waals surface area contributed by atoms with E-state index in [0.29, 0.717) is 51.6 Å². The Morgan fingerprint density at radius 3 is 1.22 bits per heavy atom. The van der Waals surface area contributed by atoms with Gasteiger partial charge in [-0.25, -0.2) is 4.57 Å². The van der Waals surface area contributed by atoms with Gasteiger partial charge in [0.2, 0.25) is 11.8 Å². The molecule has 0 aromatic heterocycles. The molecule has 0 saturated carbocycles. The molecule has 2 aliphatic heterocycles. The maximum Gasteiger partial charge on any atom is 0.470 e. The van der Waals surface area contributed by atoms with E-state index in [2.05, 4.69) is 64.3 Å². The zero-order valence-corrected chi connectivity index (χ0v) is 78.3. The lowest BCUT2D eigenvalue weighted by molar-refractivity contribution is -0.285. The third-order valence-electron chi connectivity index (χ3n) is 24.1. The number of phosphoric ester groups is 1. The van der Waals surface area contributed by atoms with Gasteiger partial charge < -0.3 is 74.0 Å². The fourth-order valence-electron chi connectivity index (χ4n) is 16.7. The number of unbranched alkanes of at least 4 members (excludes halogenated alkanes) is 50. The minimum absolute atomic E-state index is 0.146. The summed E-state index contributed by atoms with van der Waals surface area (Å²) in [5.41, 5.74) is 0. The second-order valence-corrected chi connectivity index (χ2v) is 36.8. The van der Waals surface area contributed by atoms with E-state index < -0.39 is 149 Å². The van der Waals surface area contributed by atoms with Gasteiger partial charge in [0.1, 0.15) is 36.6 Å². The summed E-state index contributed by atoms with van der Waals surface area (Å²) in [4.78, 5) is 93.3. The standard InChI is InChI=1S/C97H183N2O20P/c1-8-14-20-26-32-38-39-40-41-42-48-54-60-66-72-112-82(69-63-57-51-45-35-29-23-17-11-4)75-87(104)99-92-96(118-90(107)76-83(70-64-58-52-46-36-30-24-18-12-5)115-88(105)71-65-59-53-47-37-31-25-19-13-6)94(119-120(109,110)111)84(77-100)116-97(92)113-78-85-93(108)95(117-89(106)74-81(102)68-62-56-50-44-34-28-22-16-10-3)91(79(7)114-85)98-86(103)73-80(101)67-61-55-49-43-33-27-21-15-9-2/h38-39,79-85,91-97,100-102,108H,8-37,40-78H2,1-7H3,(H,98,103)(H,99,104)(H2,109,110,111)/b39-38-/t79?,80?,81?,82?,83?,84?,85?,91?,92?,93-,94-,95-,96-,97-/m1/s1. The first-order valence-corrected chi connectivity index (χ1v) is 51.5. The van der Waals surface area contributed by atoms with Crippen LogP contribution in [-0.4, -0.2) is 165 Å². The van der Waals surface area contributed by atoms with Crippen molar-refractivity contribution in [2.75, 3.05) is 19.8 Å². The van der Waals surface area contributed by atoms with Crippen LogP contribution in [0.2, 0.25) is 0 Å². The number of nitrogens with one attached hydrogen (secondary N) is 2. The number of rotatable bonds is 84. The van der Waals surface area contributed by atoms with Crippen LogP contribution >= 0.6 is 7.82 Å². The van der Waals surface area contributed by atoms with E-state index >= 15 is 4.79 Å². The van der Waals surface area contributed by atoms with Gasteiger partial charge in [0.15, 0.2) is 18.5 Å². The Kier molecular flexibility index (Phi) is 72.5. The number of hydrogen-bond donors (Lipinski definition) is 8. The Morgan fingerprint density at radius 1 is 0.400 bits per heavy atom. The van der Waals surface area contributed by atoms with Crippen molar-refractivity contribution in [2.24, 2.45) is 0 Å². The first-order valence-electron chi connectivity index (χ1n) is 50.0. The molecule has 0 aromatic carbocycles. The lowest BCUT2D eigenvalue weighted by atomic mass is 9.92. The van der Waals surface area contributed by atoms with Crippen molar-refractivity contribution < 1.29 is 96.4 Å². The first kappa shape index (κ1) is 113. The number of carbonyl (C=O) groups excluding carboxylic acids is 5. The smallest absolute Gasteiger partial charge is 0.462 e. The maximum atomic E-state index is 15.2. The zero-order chi connectivity index (χ0) is 87.7. The molecule has 0 radical (unpaired) electrons. The number of esters is 3. The highest BCUT2D eigenvalue weighted by Crippen LogP contribution is 2.43. The molecule has 23 heteroatoms. The summed E-state index contributed by atoms with van der Waals surface area (Å²) in [7, 11) is -5.55. The van der Waals surface area contributed by atoms with Gasteiger partial charge >= 0.3 is 25.7 Å². The monoisotopic (exact) mass is 1730 g/mol. The number of hydrogen-bond acceptors (Lipinski definition) is 18. The molecule has 2 aliphatic rings. The van der Waals surface area contributed by atoms with Crippen molar-refractivity contribution in [3.8, 4) is 0 Å². The summed E-state index contributed by atoms with van der Waals surface area (Å²) in [5.74, 6) is -3.46. The molecule has 706 valence electrons. The molecule has 0 aliphatic carbocycles. The van der Waals surface area contributed by atoms with Crippen LogP contribution in [-0.2, 0) is 66.2 Å². The number of ether oxygens (including phenoxy) is 7. The van der Waals surface area contributed by atoms with E-state index in [-0.39, 0.29) is 19.3 Å². The lowest BCUT2D eigenvalue weighted by Gasteiger charge is -2.47. The molecular weight excluding hydrogens is 1540 g/mol. The summed E-state index contributed by atoms with van der Waals surface area (Å²) >= 11 is 0. The van der Waals surface area contributed by atoms with E-state index in [0.717, 1.165) is 205 Å². The van der Waals surface area contributed by atoms with Crippen molar-refractivity contribution >= 4 is 37.5 Å². The van der Waals surface area contributed by atoms with Gasteiger partial charge in [-0.3, -0.25) is 28.5 Å². The van der Waals surface area contributed by atoms with Crippen molar-refractivity contribution in [3.05, 3.63) is 12.2 Å². The average molecular weight is 1730 g/mol. The van der Waals surface area contributed by atoms with E-state index in [4.69, 9.17) is 37.7 Å². The van der Waals surface area contributed by atoms with E-state index in [1.54, 1.807) is 6.92 Å². The Balaban J connectivity index is 2.70. The summed E-state index contributed by atoms with van der Waals surface area (Å²) in [6.45, 7) is 13.6. The number of allylic oxidation sites excluding steroid dienone is 2. The number of phosphoric acid groups is 1. The molecule has 14 atom stereocenters. The summed E-state index contributed by atoms with van der Waals surface area (Å²) in [5, 5.41) is 52.0. The average Bonchev–Trinajstić information content (AvgIpc) is 0.792. The highest BCUT2D eigenvalue weighted by molar-refractivity contribution is 7.46. The van der Waals surface area contributed by atoms with Crippen LogP contribution in [0.3, 0.4) is 0 Å². The number of carbonyl (C=O) groups is 5. The van der Waals surface area contributed by atoms with Crippen LogP contribution in [0, 0.1) is 0 Å². The highest BCUT2D eigenvalue weighted by Gasteiger charge is 2.54. The van der Waals surface area contributed by atoms with Crippen LogP contribution in [0.25, 0.3) is 0 Å². The first-order chi connectivity index (χ1) is 58.2. The summed E-state index contributed by atoms with van der Waals surface area (Å²) in [6.07, 6.45) is 49.8. The predicted octanol–water partition coefficient (Wildman–Crippen LogP) is 22.6. The summed E-state index contributed by atoms with van der Waals surface area (Å²) < 4.78 is 63.4. The molecule has 2 amide bonds. The van der Waals surface area contributed by atoms with Gasteiger partial charge in [0.25, 0.3) is 0 Å². The van der Waals surface area contributed by atoms with Crippen LogP contribution in [0.15, 0.2) is 12.2 Å². The Bertz CT molecular complexity index is 2510. The molecule has 2 heterocycles. The van der Waals surface area contributed by atoms with Crippen molar-refractivity contribution in [1.29, 1.82) is 0 Å². The number of aliphatic hydroxyl groups is 4. The quantitative estimate of drug-likeness (QED) is 0.00922. The fraction of sp³-hybridized carbons (Fsp3) is 0.928. The van der Waals surface area contributed by atoms with E-state index in [1.807, 2.05) is 0 Å². The molecule has 22 nitrogen and oxygen atoms in total. The SMILES string of the molecule is CCCCCC/C=C\CCCCCCCCOC(CCCCCCCCCCC)CC(=O)NC1[C@H](OCC2OC(C)C(NC(=O)CC(O)CCCCCCCCCCC)[C@@H](OC(=O)CC(O)CCCCCCCCCCC)[C@@H]2O)OC(CO)[C@@H](OP(=O)(O)O)[C@@H]1OC(=O)CC(CCCCCCCCCCC)OC(=O)CCCCCCCCCCC. The molecular formula is C97H183N2O20P. The van der Waals surface area contributed by atoms with Gasteiger partial charge in [-0.2, -0.15) is 0 Å². The molecule has 120 heavy (non-hydrogen) atoms. The van der Waals surface area contributed by atoms with Crippen LogP contribution in [0.5, 0.6) is 0 Å². The maximum absolute atomic E-state index is 15.2. The van der Waals surface area contributed by atoms with E-state index in [9.17, 15) is 54.0 Å². The van der Waals surface area contributed by atoms with Gasteiger partial charge in [-0.15, -0.1) is 0 Å². The topological polar surface area (TPSA) is 322 Å².